The summed E-state index contributed by atoms with van der Waals surface area (Å²) in [5.41, 5.74) is 15.5. The Morgan fingerprint density at radius 3 is 2.24 bits per heavy atom. The zero-order valence-corrected chi connectivity index (χ0v) is 20.2. The van der Waals surface area contributed by atoms with Crippen molar-refractivity contribution < 1.29 is 32.3 Å². The minimum Gasteiger partial charge on any atom is -0.475 e. The van der Waals surface area contributed by atoms with E-state index >= 15 is 0 Å². The fourth-order valence-electron chi connectivity index (χ4n) is 3.34. The van der Waals surface area contributed by atoms with Crippen LogP contribution in [0.4, 0.5) is 18.9 Å². The summed E-state index contributed by atoms with van der Waals surface area (Å²) < 4.78 is 37.6. The summed E-state index contributed by atoms with van der Waals surface area (Å²) in [6.45, 7) is 0. The van der Waals surface area contributed by atoms with Crippen molar-refractivity contribution in [1.82, 2.24) is 0 Å². The van der Waals surface area contributed by atoms with E-state index in [0.29, 0.717) is 22.4 Å². The highest BCUT2D eigenvalue weighted by atomic mass is 35.5. The molecule has 0 saturated heterocycles. The summed E-state index contributed by atoms with van der Waals surface area (Å²) in [6, 6.07) is 17.9. The molecule has 0 unspecified atom stereocenters. The van der Waals surface area contributed by atoms with Crippen LogP contribution in [0.5, 0.6) is 0 Å². The van der Waals surface area contributed by atoms with Crippen LogP contribution in [-0.2, 0) is 11.2 Å². The van der Waals surface area contributed by atoms with Crippen molar-refractivity contribution in [3.63, 3.8) is 0 Å². The van der Waals surface area contributed by atoms with Crippen LogP contribution < -0.4 is 11.5 Å². The molecule has 3 aromatic carbocycles. The molecule has 0 spiro atoms. The van der Waals surface area contributed by atoms with Crippen molar-refractivity contribution in [3.8, 4) is 11.1 Å². The van der Waals surface area contributed by atoms with Gasteiger partial charge in [-0.3, -0.25) is 10.2 Å². The third kappa shape index (κ3) is 6.60. The van der Waals surface area contributed by atoms with E-state index in [0.717, 1.165) is 16.7 Å². The molecule has 0 amide bonds. The largest absolute Gasteiger partial charge is 0.490 e. The van der Waals surface area contributed by atoms with Crippen LogP contribution in [0.3, 0.4) is 0 Å². The molecule has 1 heterocycles. The molecule has 0 fully saturated rings. The molecule has 1 aromatic heterocycles. The summed E-state index contributed by atoms with van der Waals surface area (Å²) in [7, 11) is 0. The summed E-state index contributed by atoms with van der Waals surface area (Å²) in [5.74, 6) is -3.02. The van der Waals surface area contributed by atoms with Gasteiger partial charge in [-0.1, -0.05) is 53.5 Å². The third-order valence-corrected chi connectivity index (χ3v) is 5.56. The number of carboxylic acids is 1. The van der Waals surface area contributed by atoms with Crippen molar-refractivity contribution in [1.29, 1.82) is 5.41 Å². The number of amidine groups is 1. The van der Waals surface area contributed by atoms with Gasteiger partial charge in [0, 0.05) is 22.4 Å². The maximum Gasteiger partial charge on any atom is 0.490 e. The topological polar surface area (TPSA) is 143 Å². The number of nitrogens with two attached hydrogens (primary N) is 2. The van der Waals surface area contributed by atoms with E-state index in [1.165, 1.54) is 6.07 Å². The molecule has 192 valence electrons. The van der Waals surface area contributed by atoms with Crippen LogP contribution >= 0.6 is 23.2 Å². The van der Waals surface area contributed by atoms with E-state index in [1.807, 2.05) is 42.5 Å². The van der Waals surface area contributed by atoms with Crippen LogP contribution in [0, 0.1) is 5.41 Å². The quantitative estimate of drug-likeness (QED) is 0.129. The molecule has 0 aliphatic rings. The van der Waals surface area contributed by atoms with Gasteiger partial charge < -0.3 is 21.0 Å². The molecule has 0 aliphatic carbocycles. The number of nitrogen functional groups attached to an aromatic ring is 1. The molecule has 37 heavy (non-hydrogen) atoms. The fraction of sp³-hybridized carbons (Fsp3) is 0.0800. The molecular formula is C25H18Cl2F3N3O4. The molecular weight excluding hydrogens is 534 g/mol. The van der Waals surface area contributed by atoms with Crippen LogP contribution in [0.25, 0.3) is 22.1 Å². The number of benzene rings is 3. The van der Waals surface area contributed by atoms with E-state index in [1.54, 1.807) is 12.1 Å². The Morgan fingerprint density at radius 2 is 1.65 bits per heavy atom. The second-order valence-corrected chi connectivity index (χ2v) is 8.56. The van der Waals surface area contributed by atoms with Crippen molar-refractivity contribution >= 4 is 57.4 Å². The number of alkyl halides is 3. The number of aliphatic carboxylic acids is 1. The Kier molecular flexibility index (Phi) is 8.15. The van der Waals surface area contributed by atoms with Crippen molar-refractivity contribution in [3.05, 3.63) is 87.6 Å². The molecule has 0 atom stereocenters. The molecule has 12 heteroatoms. The average molecular weight is 552 g/mol. The second-order valence-electron chi connectivity index (χ2n) is 7.71. The number of carbonyl (C=O) groups excluding carboxylic acids is 1. The van der Waals surface area contributed by atoms with Gasteiger partial charge in [0.05, 0.1) is 16.5 Å². The molecule has 6 N–H and O–H groups in total. The first kappa shape index (κ1) is 27.6. The second kappa shape index (κ2) is 10.9. The van der Waals surface area contributed by atoms with Crippen molar-refractivity contribution in [2.75, 3.05) is 5.73 Å². The Hall–Kier alpha value is -4.02. The predicted octanol–water partition coefficient (Wildman–Crippen LogP) is 6.33. The lowest BCUT2D eigenvalue weighted by atomic mass is 10.0. The van der Waals surface area contributed by atoms with Gasteiger partial charge in [-0.25, -0.2) is 4.79 Å². The Morgan fingerprint density at radius 1 is 1.00 bits per heavy atom. The van der Waals surface area contributed by atoms with Gasteiger partial charge in [-0.15, -0.1) is 0 Å². The molecule has 4 rings (SSSR count). The Labute approximate surface area is 217 Å². The lowest BCUT2D eigenvalue weighted by Gasteiger charge is -2.05. The standard InChI is InChI=1S/C23H17Cl2N3O2.C2HF3O2/c24-15-5-7-16(18(25)11-15)22(29)23-21(28)17-6-4-14(10-19(17)30-23)13-3-1-2-12(8-13)9-20(26)27;3-2(4,5)1(6)7/h1-8,10-11H,9,28H2,(H3,26,27);(H,6,7). The molecule has 7 nitrogen and oxygen atoms in total. The van der Waals surface area contributed by atoms with Gasteiger partial charge in [-0.05, 0) is 47.0 Å². The average Bonchev–Trinajstić information content (AvgIpc) is 3.14. The Bertz CT molecular complexity index is 1520. The number of rotatable bonds is 5. The van der Waals surface area contributed by atoms with Crippen LogP contribution in [0.15, 0.2) is 65.1 Å². The fourth-order valence-corrected chi connectivity index (χ4v) is 3.84. The number of fused-ring (bicyclic) bond motifs is 1. The Balaban J connectivity index is 0.000000479. The first-order chi connectivity index (χ1) is 17.3. The van der Waals surface area contributed by atoms with E-state index in [9.17, 15) is 18.0 Å². The van der Waals surface area contributed by atoms with Crippen molar-refractivity contribution in [2.45, 2.75) is 12.6 Å². The number of ketones is 1. The molecule has 4 aromatic rings. The van der Waals surface area contributed by atoms with E-state index in [2.05, 4.69) is 0 Å². The predicted molar refractivity (Wildman–Crippen MR) is 135 cm³/mol. The number of anilines is 1. The first-order valence-electron chi connectivity index (χ1n) is 10.3. The SMILES string of the molecule is N=C(N)Cc1cccc(-c2ccc3c(N)c(C(=O)c4ccc(Cl)cc4Cl)oc3c2)c1.O=C(O)C(F)(F)F. The van der Waals surface area contributed by atoms with Crippen LogP contribution in [0.1, 0.15) is 21.7 Å². The van der Waals surface area contributed by atoms with Gasteiger partial charge in [0.1, 0.15) is 5.58 Å². The smallest absolute Gasteiger partial charge is 0.475 e. The summed E-state index contributed by atoms with van der Waals surface area (Å²) in [5, 5.41) is 15.9. The van der Waals surface area contributed by atoms with Gasteiger partial charge >= 0.3 is 12.1 Å². The van der Waals surface area contributed by atoms with Gasteiger partial charge in [-0.2, -0.15) is 13.2 Å². The number of nitrogens with one attached hydrogen (secondary N) is 1. The first-order valence-corrected chi connectivity index (χ1v) is 11.1. The maximum absolute atomic E-state index is 12.9. The number of hydrogen-bond acceptors (Lipinski definition) is 5. The summed E-state index contributed by atoms with van der Waals surface area (Å²) >= 11 is 12.1. The number of furan rings is 1. The van der Waals surface area contributed by atoms with Crippen LogP contribution in [-0.4, -0.2) is 28.9 Å². The monoisotopic (exact) mass is 551 g/mol. The van der Waals surface area contributed by atoms with Crippen molar-refractivity contribution in [2.24, 2.45) is 5.73 Å². The normalized spacial score (nSPS) is 11.1. The van der Waals surface area contributed by atoms with E-state index in [4.69, 9.17) is 54.4 Å². The minimum atomic E-state index is -5.08. The molecule has 0 radical (unpaired) electrons. The molecule has 0 saturated carbocycles. The summed E-state index contributed by atoms with van der Waals surface area (Å²) in [4.78, 5) is 21.8. The highest BCUT2D eigenvalue weighted by Crippen LogP contribution is 2.34. The highest BCUT2D eigenvalue weighted by Gasteiger charge is 2.38. The highest BCUT2D eigenvalue weighted by molar-refractivity contribution is 6.37. The number of hydrogen-bond donors (Lipinski definition) is 4. The van der Waals surface area contributed by atoms with Gasteiger partial charge in [0.15, 0.2) is 5.76 Å². The maximum atomic E-state index is 12.9. The molecule has 0 bridgehead atoms. The van der Waals surface area contributed by atoms with Gasteiger partial charge in [0.25, 0.3) is 0 Å². The van der Waals surface area contributed by atoms with Gasteiger partial charge in [0.2, 0.25) is 5.78 Å². The lowest BCUT2D eigenvalue weighted by Crippen LogP contribution is -2.21. The number of carboxylic acid groups (broad SMARTS) is 1. The zero-order chi connectivity index (χ0) is 27.5. The van der Waals surface area contributed by atoms with Crippen LogP contribution in [0.2, 0.25) is 10.0 Å². The summed E-state index contributed by atoms with van der Waals surface area (Å²) in [6.07, 6.45) is -4.70. The van der Waals surface area contributed by atoms with E-state index < -0.39 is 17.9 Å². The molecule has 0 aliphatic heterocycles. The minimum absolute atomic E-state index is 0.0386. The number of halogens is 5. The lowest BCUT2D eigenvalue weighted by molar-refractivity contribution is -0.192. The third-order valence-electron chi connectivity index (χ3n) is 5.01. The van der Waals surface area contributed by atoms with E-state index in [-0.39, 0.29) is 27.9 Å². The zero-order valence-electron chi connectivity index (χ0n) is 18.7. The number of carbonyl (C=O) groups is 2.